The quantitative estimate of drug-likeness (QED) is 0.564. The molecule has 0 aliphatic carbocycles. The Labute approximate surface area is 118 Å². The maximum Gasteiger partial charge on any atom is 0.320 e. The van der Waals surface area contributed by atoms with Crippen LogP contribution in [0.15, 0.2) is 0 Å². The molecule has 1 fully saturated rings. The van der Waals surface area contributed by atoms with Crippen LogP contribution in [0.3, 0.4) is 0 Å². The first-order chi connectivity index (χ1) is 9.97. The number of hydrogen-bond donors (Lipinski definition) is 2. The highest BCUT2D eigenvalue weighted by Crippen LogP contribution is 1.98. The maximum atomic E-state index is 10.5. The molecule has 0 aromatic rings. The van der Waals surface area contributed by atoms with Gasteiger partial charge in [0.15, 0.2) is 5.78 Å². The number of esters is 1. The lowest BCUT2D eigenvalue weighted by atomic mass is 10.2. The van der Waals surface area contributed by atoms with Crippen LogP contribution in [0.5, 0.6) is 0 Å². The first-order valence-electron chi connectivity index (χ1n) is 7.27. The van der Waals surface area contributed by atoms with Crippen molar-refractivity contribution in [3.05, 3.63) is 0 Å². The first-order valence-corrected chi connectivity index (χ1v) is 5.80. The number of ether oxygens (including phenoxy) is 2. The van der Waals surface area contributed by atoms with E-state index < -0.39 is 13.1 Å². The van der Waals surface area contributed by atoms with Crippen molar-refractivity contribution in [2.75, 3.05) is 38.8 Å². The summed E-state index contributed by atoms with van der Waals surface area (Å²) in [6, 6.07) is 0. The zero-order valence-electron chi connectivity index (χ0n) is 14.3. The molecule has 7 heteroatoms. The molecule has 6 nitrogen and oxygen atoms in total. The SMILES string of the molecule is CCOC(=O)CCl.[2H]C([2H])(O)CN.[2H]C1([2H])CCC(=O)CO1. The Hall–Kier alpha value is -0.690. The summed E-state index contributed by atoms with van der Waals surface area (Å²) in [6.07, 6.45) is 0.513. The molecule has 0 aromatic carbocycles. The number of rotatable bonds is 3. The lowest BCUT2D eigenvalue weighted by Crippen LogP contribution is -2.15. The molecule has 0 unspecified atom stereocenters. The Kier molecular flexibility index (Phi) is 11.2. The lowest BCUT2D eigenvalue weighted by Gasteiger charge is -2.07. The van der Waals surface area contributed by atoms with E-state index in [1.807, 2.05) is 0 Å². The Morgan fingerprint density at radius 2 is 2.39 bits per heavy atom. The van der Waals surface area contributed by atoms with E-state index >= 15 is 0 Å². The van der Waals surface area contributed by atoms with E-state index in [2.05, 4.69) is 15.2 Å². The monoisotopic (exact) mass is 287 g/mol. The van der Waals surface area contributed by atoms with Gasteiger partial charge in [-0.05, 0) is 13.3 Å². The Morgan fingerprint density at radius 1 is 1.78 bits per heavy atom. The molecule has 1 aliphatic heterocycles. The third kappa shape index (κ3) is 17.7. The summed E-state index contributed by atoms with van der Waals surface area (Å²) in [7, 11) is 0. The van der Waals surface area contributed by atoms with E-state index in [4.69, 9.17) is 22.2 Å². The number of nitrogens with two attached hydrogens (primary N) is 1. The summed E-state index contributed by atoms with van der Waals surface area (Å²) in [4.78, 5) is 20.5. The Bertz CT molecular complexity index is 327. The molecule has 0 radical (unpaired) electrons. The molecule has 108 valence electrons. The second-order valence-corrected chi connectivity index (χ2v) is 3.04. The largest absolute Gasteiger partial charge is 0.465 e. The summed E-state index contributed by atoms with van der Waals surface area (Å²) >= 11 is 5.06. The van der Waals surface area contributed by atoms with Gasteiger partial charge in [0.2, 0.25) is 0 Å². The van der Waals surface area contributed by atoms with Crippen molar-refractivity contribution in [1.29, 1.82) is 0 Å². The van der Waals surface area contributed by atoms with Crippen LogP contribution in [0.25, 0.3) is 0 Å². The highest BCUT2D eigenvalue weighted by molar-refractivity contribution is 6.26. The number of aliphatic hydroxyl groups is 1. The number of ketones is 1. The fourth-order valence-corrected chi connectivity index (χ4v) is 0.743. The van der Waals surface area contributed by atoms with E-state index in [0.717, 1.165) is 0 Å². The summed E-state index contributed by atoms with van der Waals surface area (Å²) < 4.78 is 35.6. The van der Waals surface area contributed by atoms with Crippen molar-refractivity contribution in [3.8, 4) is 0 Å². The average Bonchev–Trinajstić information content (AvgIpc) is 2.43. The minimum Gasteiger partial charge on any atom is -0.465 e. The van der Waals surface area contributed by atoms with Crippen LogP contribution in [0.4, 0.5) is 0 Å². The zero-order chi connectivity index (χ0) is 17.8. The fraction of sp³-hybridized carbons (Fsp3) is 0.818. The molecule has 0 atom stereocenters. The Morgan fingerprint density at radius 3 is 2.61 bits per heavy atom. The number of alkyl halides is 1. The van der Waals surface area contributed by atoms with Crippen molar-refractivity contribution in [2.24, 2.45) is 5.73 Å². The Balaban J connectivity index is 0. The number of carbonyl (C=O) groups is 2. The zero-order valence-corrected chi connectivity index (χ0v) is 11.0. The molecule has 1 rings (SSSR count). The van der Waals surface area contributed by atoms with Gasteiger partial charge in [0, 0.05) is 19.5 Å². The first kappa shape index (κ1) is 12.3. The van der Waals surface area contributed by atoms with Crippen LogP contribution < -0.4 is 5.73 Å². The predicted octanol–water partition coefficient (Wildman–Crippen LogP) is 0.0916. The molecule has 0 aromatic heterocycles. The number of carbonyl (C=O) groups excluding carboxylic acids is 2. The second-order valence-electron chi connectivity index (χ2n) is 2.77. The van der Waals surface area contributed by atoms with Gasteiger partial charge < -0.3 is 20.3 Å². The van der Waals surface area contributed by atoms with Gasteiger partial charge >= 0.3 is 5.97 Å². The summed E-state index contributed by atoms with van der Waals surface area (Å²) in [5, 5.41) is 8.03. The molecule has 0 amide bonds. The predicted molar refractivity (Wildman–Crippen MR) is 68.6 cm³/mol. The summed E-state index contributed by atoms with van der Waals surface area (Å²) in [5.74, 6) is -0.414. The minimum atomic E-state index is -2.18. The van der Waals surface area contributed by atoms with Crippen molar-refractivity contribution in [2.45, 2.75) is 19.8 Å². The third-order valence-electron chi connectivity index (χ3n) is 1.35. The van der Waals surface area contributed by atoms with Crippen molar-refractivity contribution >= 4 is 23.4 Å². The van der Waals surface area contributed by atoms with E-state index in [9.17, 15) is 9.59 Å². The second kappa shape index (κ2) is 16.3. The van der Waals surface area contributed by atoms with E-state index in [1.54, 1.807) is 6.92 Å². The molecule has 18 heavy (non-hydrogen) atoms. The molecular weight excluding hydrogens is 262 g/mol. The molecule has 1 heterocycles. The topological polar surface area (TPSA) is 98.9 Å². The molecule has 0 saturated carbocycles. The molecule has 1 saturated heterocycles. The van der Waals surface area contributed by atoms with Crippen LogP contribution in [0.2, 0.25) is 0 Å². The van der Waals surface area contributed by atoms with Crippen LogP contribution in [-0.4, -0.2) is 55.6 Å². The van der Waals surface area contributed by atoms with Gasteiger partial charge in [-0.25, -0.2) is 0 Å². The molecule has 1 aliphatic rings. The summed E-state index contributed by atoms with van der Waals surface area (Å²) in [5.41, 5.74) is 4.68. The third-order valence-corrected chi connectivity index (χ3v) is 1.57. The molecule has 0 spiro atoms. The molecule has 3 N–H and O–H groups in total. The van der Waals surface area contributed by atoms with Crippen molar-refractivity contribution < 1.29 is 29.7 Å². The van der Waals surface area contributed by atoms with Gasteiger partial charge in [0.1, 0.15) is 12.5 Å². The van der Waals surface area contributed by atoms with Gasteiger partial charge in [-0.2, -0.15) is 0 Å². The van der Waals surface area contributed by atoms with E-state index in [-0.39, 0.29) is 37.2 Å². The molecular formula is C11H22ClNO5. The highest BCUT2D eigenvalue weighted by atomic mass is 35.5. The van der Waals surface area contributed by atoms with E-state index in [1.165, 1.54) is 0 Å². The van der Waals surface area contributed by atoms with Crippen LogP contribution in [0.1, 0.15) is 25.2 Å². The van der Waals surface area contributed by atoms with Crippen molar-refractivity contribution in [3.63, 3.8) is 0 Å². The number of Topliss-reactive ketones (excluding diaryl/α,β-unsaturated/α-hetero) is 1. The van der Waals surface area contributed by atoms with Gasteiger partial charge in [-0.3, -0.25) is 9.59 Å². The van der Waals surface area contributed by atoms with Gasteiger partial charge in [-0.15, -0.1) is 11.6 Å². The minimum absolute atomic E-state index is 0.00914. The van der Waals surface area contributed by atoms with Crippen molar-refractivity contribution in [1.82, 2.24) is 0 Å². The maximum absolute atomic E-state index is 10.5. The van der Waals surface area contributed by atoms with Crippen LogP contribution in [-0.2, 0) is 19.1 Å². The smallest absolute Gasteiger partial charge is 0.320 e. The standard InChI is InChI=1S/C5H8O2.C4H7ClO2.C2H7NO/c6-5-2-1-3-7-4-5;1-2-7-4(6)3-5;3-1-2-4/h1-4H2;2-3H2,1H3;4H,1-3H2/i3D2;;2D2. The fourth-order valence-electron chi connectivity index (χ4n) is 0.666. The normalized spacial score (nSPS) is 20.6. The average molecular weight is 288 g/mol. The van der Waals surface area contributed by atoms with Crippen LogP contribution >= 0.6 is 11.6 Å². The number of hydrogen-bond acceptors (Lipinski definition) is 6. The number of halogens is 1. The van der Waals surface area contributed by atoms with Gasteiger partial charge in [0.05, 0.1) is 18.6 Å². The van der Waals surface area contributed by atoms with Gasteiger partial charge in [0.25, 0.3) is 0 Å². The molecule has 0 bridgehead atoms. The van der Waals surface area contributed by atoms with Gasteiger partial charge in [-0.1, -0.05) is 0 Å². The van der Waals surface area contributed by atoms with Crippen LogP contribution in [0, 0.1) is 0 Å². The highest BCUT2D eigenvalue weighted by Gasteiger charge is 2.06. The summed E-state index contributed by atoms with van der Waals surface area (Å²) in [6.45, 7) is -2.00. The lowest BCUT2D eigenvalue weighted by molar-refractivity contribution is -0.140. The van der Waals surface area contributed by atoms with E-state index in [0.29, 0.717) is 13.0 Å².